The fourth-order valence-electron chi connectivity index (χ4n) is 1.67. The summed E-state index contributed by atoms with van der Waals surface area (Å²) in [6, 6.07) is 0. The molecule has 1 saturated carbocycles. The molecule has 1 aliphatic rings. The SMILES string of the molecule is CC(C)C1(N)CC1(C)C. The van der Waals surface area contributed by atoms with Crippen LogP contribution in [0.2, 0.25) is 0 Å². The predicted molar refractivity (Wildman–Crippen MR) is 40.2 cm³/mol. The average Bonchev–Trinajstić information content (AvgIpc) is 2.08. The van der Waals surface area contributed by atoms with E-state index in [2.05, 4.69) is 27.7 Å². The first-order valence-corrected chi connectivity index (χ1v) is 3.69. The Morgan fingerprint density at radius 2 is 1.67 bits per heavy atom. The van der Waals surface area contributed by atoms with Crippen molar-refractivity contribution in [3.05, 3.63) is 0 Å². The van der Waals surface area contributed by atoms with Crippen molar-refractivity contribution >= 4 is 0 Å². The quantitative estimate of drug-likeness (QED) is 0.570. The molecular weight excluding hydrogens is 110 g/mol. The summed E-state index contributed by atoms with van der Waals surface area (Å²) in [5.41, 5.74) is 6.62. The summed E-state index contributed by atoms with van der Waals surface area (Å²) < 4.78 is 0. The van der Waals surface area contributed by atoms with E-state index in [-0.39, 0.29) is 5.54 Å². The highest BCUT2D eigenvalue weighted by molar-refractivity contribution is 5.16. The van der Waals surface area contributed by atoms with Crippen LogP contribution < -0.4 is 5.73 Å². The largest absolute Gasteiger partial charge is 0.324 e. The molecule has 0 aromatic rings. The third-order valence-electron chi connectivity index (χ3n) is 2.90. The molecule has 9 heavy (non-hydrogen) atoms. The van der Waals surface area contributed by atoms with Crippen LogP contribution in [-0.4, -0.2) is 5.54 Å². The van der Waals surface area contributed by atoms with Crippen LogP contribution in [-0.2, 0) is 0 Å². The van der Waals surface area contributed by atoms with E-state index in [0.717, 1.165) is 0 Å². The van der Waals surface area contributed by atoms with Gasteiger partial charge in [-0.25, -0.2) is 0 Å². The molecule has 1 rings (SSSR count). The van der Waals surface area contributed by atoms with E-state index >= 15 is 0 Å². The van der Waals surface area contributed by atoms with Gasteiger partial charge in [-0.2, -0.15) is 0 Å². The lowest BCUT2D eigenvalue weighted by molar-refractivity contribution is 0.384. The third kappa shape index (κ3) is 0.787. The van der Waals surface area contributed by atoms with E-state index in [4.69, 9.17) is 5.73 Å². The van der Waals surface area contributed by atoms with Crippen molar-refractivity contribution in [2.24, 2.45) is 17.1 Å². The van der Waals surface area contributed by atoms with Crippen LogP contribution in [0.3, 0.4) is 0 Å². The fourth-order valence-corrected chi connectivity index (χ4v) is 1.67. The van der Waals surface area contributed by atoms with E-state index in [0.29, 0.717) is 11.3 Å². The molecular formula is C8H17N. The molecule has 54 valence electrons. The Morgan fingerprint density at radius 1 is 1.33 bits per heavy atom. The Bertz CT molecular complexity index is 127. The fraction of sp³-hybridized carbons (Fsp3) is 1.00. The molecule has 0 saturated heterocycles. The van der Waals surface area contributed by atoms with Gasteiger partial charge in [0, 0.05) is 5.54 Å². The summed E-state index contributed by atoms with van der Waals surface area (Å²) in [5, 5.41) is 0. The van der Waals surface area contributed by atoms with Gasteiger partial charge in [0.05, 0.1) is 0 Å². The minimum Gasteiger partial charge on any atom is -0.324 e. The summed E-state index contributed by atoms with van der Waals surface area (Å²) in [5.74, 6) is 0.632. The van der Waals surface area contributed by atoms with Gasteiger partial charge in [-0.3, -0.25) is 0 Å². The van der Waals surface area contributed by atoms with Gasteiger partial charge in [0.15, 0.2) is 0 Å². The second-order valence-electron chi connectivity index (χ2n) is 4.26. The van der Waals surface area contributed by atoms with Gasteiger partial charge in [0.25, 0.3) is 0 Å². The summed E-state index contributed by atoms with van der Waals surface area (Å²) in [4.78, 5) is 0. The van der Waals surface area contributed by atoms with Gasteiger partial charge in [-0.1, -0.05) is 27.7 Å². The van der Waals surface area contributed by atoms with Crippen LogP contribution in [0.25, 0.3) is 0 Å². The average molecular weight is 127 g/mol. The van der Waals surface area contributed by atoms with Crippen molar-refractivity contribution in [3.63, 3.8) is 0 Å². The topological polar surface area (TPSA) is 26.0 Å². The Labute approximate surface area is 57.6 Å². The zero-order valence-electron chi connectivity index (χ0n) is 6.86. The summed E-state index contributed by atoms with van der Waals surface area (Å²) in [6.07, 6.45) is 1.19. The van der Waals surface area contributed by atoms with Gasteiger partial charge < -0.3 is 5.73 Å². The van der Waals surface area contributed by atoms with Gasteiger partial charge in [0.1, 0.15) is 0 Å². The number of rotatable bonds is 1. The molecule has 1 aliphatic carbocycles. The smallest absolute Gasteiger partial charge is 0.0235 e. The molecule has 0 spiro atoms. The highest BCUT2D eigenvalue weighted by Crippen LogP contribution is 2.57. The first-order chi connectivity index (χ1) is 3.90. The Morgan fingerprint density at radius 3 is 1.67 bits per heavy atom. The Balaban J connectivity index is 2.63. The number of hydrogen-bond donors (Lipinski definition) is 1. The zero-order chi connectivity index (χ0) is 7.28. The van der Waals surface area contributed by atoms with E-state index in [1.165, 1.54) is 6.42 Å². The van der Waals surface area contributed by atoms with Crippen molar-refractivity contribution < 1.29 is 0 Å². The molecule has 0 amide bonds. The second kappa shape index (κ2) is 1.51. The normalized spacial score (nSPS) is 39.3. The molecule has 0 bridgehead atoms. The van der Waals surface area contributed by atoms with E-state index in [1.807, 2.05) is 0 Å². The van der Waals surface area contributed by atoms with Crippen molar-refractivity contribution in [2.75, 3.05) is 0 Å². The predicted octanol–water partition coefficient (Wildman–Crippen LogP) is 1.77. The molecule has 0 aliphatic heterocycles. The first-order valence-electron chi connectivity index (χ1n) is 3.69. The molecule has 2 N–H and O–H groups in total. The Kier molecular flexibility index (Phi) is 1.19. The summed E-state index contributed by atoms with van der Waals surface area (Å²) >= 11 is 0. The molecule has 0 heterocycles. The lowest BCUT2D eigenvalue weighted by atomic mass is 9.94. The second-order valence-corrected chi connectivity index (χ2v) is 4.26. The standard InChI is InChI=1S/C8H17N/c1-6(2)8(9)5-7(8,3)4/h6H,5,9H2,1-4H3. The maximum atomic E-state index is 6.07. The van der Waals surface area contributed by atoms with E-state index < -0.39 is 0 Å². The first kappa shape index (κ1) is 7.07. The highest BCUT2D eigenvalue weighted by atomic mass is 14.9. The van der Waals surface area contributed by atoms with E-state index in [1.54, 1.807) is 0 Å². The maximum Gasteiger partial charge on any atom is 0.0235 e. The summed E-state index contributed by atoms with van der Waals surface area (Å²) in [7, 11) is 0. The monoisotopic (exact) mass is 127 g/mol. The molecule has 0 aromatic carbocycles. The zero-order valence-corrected chi connectivity index (χ0v) is 6.86. The molecule has 0 aromatic heterocycles. The van der Waals surface area contributed by atoms with Crippen LogP contribution in [0.15, 0.2) is 0 Å². The van der Waals surface area contributed by atoms with Crippen molar-refractivity contribution in [1.29, 1.82) is 0 Å². The van der Waals surface area contributed by atoms with Crippen molar-refractivity contribution in [1.82, 2.24) is 0 Å². The minimum absolute atomic E-state index is 0.146. The van der Waals surface area contributed by atoms with Gasteiger partial charge in [-0.15, -0.1) is 0 Å². The molecule has 1 unspecified atom stereocenters. The van der Waals surface area contributed by atoms with Crippen LogP contribution in [0, 0.1) is 11.3 Å². The van der Waals surface area contributed by atoms with E-state index in [9.17, 15) is 0 Å². The molecule has 1 nitrogen and oxygen atoms in total. The minimum atomic E-state index is 0.146. The van der Waals surface area contributed by atoms with Gasteiger partial charge in [0.2, 0.25) is 0 Å². The van der Waals surface area contributed by atoms with Crippen molar-refractivity contribution in [2.45, 2.75) is 39.7 Å². The van der Waals surface area contributed by atoms with Gasteiger partial charge in [-0.05, 0) is 17.8 Å². The number of nitrogens with two attached hydrogens (primary N) is 1. The molecule has 1 fully saturated rings. The molecule has 0 radical (unpaired) electrons. The maximum absolute atomic E-state index is 6.07. The number of hydrogen-bond acceptors (Lipinski definition) is 1. The molecule has 1 heteroatoms. The van der Waals surface area contributed by atoms with Crippen LogP contribution in [0.5, 0.6) is 0 Å². The third-order valence-corrected chi connectivity index (χ3v) is 2.90. The lowest BCUT2D eigenvalue weighted by Crippen LogP contribution is -2.34. The van der Waals surface area contributed by atoms with Crippen LogP contribution in [0.4, 0.5) is 0 Å². The lowest BCUT2D eigenvalue weighted by Gasteiger charge is -2.18. The molecule has 1 atom stereocenters. The highest BCUT2D eigenvalue weighted by Gasteiger charge is 2.59. The van der Waals surface area contributed by atoms with Gasteiger partial charge >= 0.3 is 0 Å². The van der Waals surface area contributed by atoms with Crippen LogP contribution >= 0.6 is 0 Å². The van der Waals surface area contributed by atoms with Crippen LogP contribution in [0.1, 0.15) is 34.1 Å². The summed E-state index contributed by atoms with van der Waals surface area (Å²) in [6.45, 7) is 8.89. The van der Waals surface area contributed by atoms with Crippen molar-refractivity contribution in [3.8, 4) is 0 Å². The Hall–Kier alpha value is -0.0400.